The zero-order valence-corrected chi connectivity index (χ0v) is 18.1. The fourth-order valence-electron chi connectivity index (χ4n) is 3.89. The number of anilines is 1. The van der Waals surface area contributed by atoms with E-state index >= 15 is 0 Å². The Morgan fingerprint density at radius 2 is 2.03 bits per heavy atom. The summed E-state index contributed by atoms with van der Waals surface area (Å²) >= 11 is 0. The van der Waals surface area contributed by atoms with Gasteiger partial charge in [-0.2, -0.15) is 0 Å². The zero-order valence-electron chi connectivity index (χ0n) is 17.3. The minimum Gasteiger partial charge on any atom is -0.504 e. The lowest BCUT2D eigenvalue weighted by molar-refractivity contribution is -0.117. The molecule has 4 rings (SSSR count). The highest BCUT2D eigenvalue weighted by atomic mass is 32.2. The van der Waals surface area contributed by atoms with Gasteiger partial charge in [-0.15, -0.1) is 0 Å². The number of carbonyl (C=O) groups is 2. The van der Waals surface area contributed by atoms with Crippen molar-refractivity contribution in [1.82, 2.24) is 4.90 Å². The number of methoxy groups -OCH3 is 1. The Morgan fingerprint density at radius 1 is 1.29 bits per heavy atom. The highest BCUT2D eigenvalue weighted by Crippen LogP contribution is 2.39. The molecule has 0 saturated heterocycles. The quantitative estimate of drug-likeness (QED) is 0.678. The molecule has 0 radical (unpaired) electrons. The molecule has 1 fully saturated rings. The standard InChI is InChI=1S/C22H24N2O6S/c1-30-19-9-8-14(10-18(19)25)17(12-31(2,28)29)24-11-15-4-3-5-16(20(15)22(24)27)23-21(26)13-6-7-13/h3-5,8-10,13,17,25H,6-7,11-12H2,1-2H3,(H,23,26). The Bertz CT molecular complexity index is 1160. The summed E-state index contributed by atoms with van der Waals surface area (Å²) in [6.45, 7) is 0.203. The summed E-state index contributed by atoms with van der Waals surface area (Å²) < 4.78 is 29.4. The van der Waals surface area contributed by atoms with Crippen molar-refractivity contribution < 1.29 is 27.9 Å². The second kappa shape index (κ2) is 7.88. The van der Waals surface area contributed by atoms with E-state index in [0.29, 0.717) is 16.8 Å². The molecule has 1 atom stereocenters. The Kier molecular flexibility index (Phi) is 5.38. The van der Waals surface area contributed by atoms with Gasteiger partial charge in [0.2, 0.25) is 5.91 Å². The van der Waals surface area contributed by atoms with Crippen molar-refractivity contribution in [3.63, 3.8) is 0 Å². The van der Waals surface area contributed by atoms with Gasteiger partial charge >= 0.3 is 0 Å². The average molecular weight is 445 g/mol. The number of nitrogens with zero attached hydrogens (tertiary/aromatic N) is 1. The maximum atomic E-state index is 13.4. The molecule has 0 aromatic heterocycles. The number of sulfone groups is 1. The van der Waals surface area contributed by atoms with E-state index in [1.807, 2.05) is 0 Å². The third-order valence-corrected chi connectivity index (χ3v) is 6.52. The Morgan fingerprint density at radius 3 is 2.65 bits per heavy atom. The largest absolute Gasteiger partial charge is 0.504 e. The number of phenols is 1. The predicted molar refractivity (Wildman–Crippen MR) is 115 cm³/mol. The fraction of sp³-hybridized carbons (Fsp3) is 0.364. The number of hydrogen-bond donors (Lipinski definition) is 2. The molecule has 2 aromatic rings. The van der Waals surface area contributed by atoms with Crippen molar-refractivity contribution in [3.05, 3.63) is 53.1 Å². The second-order valence-corrected chi connectivity index (χ2v) is 10.3. The van der Waals surface area contributed by atoms with Crippen LogP contribution >= 0.6 is 0 Å². The van der Waals surface area contributed by atoms with Crippen LogP contribution in [0.3, 0.4) is 0 Å². The highest BCUT2D eigenvalue weighted by molar-refractivity contribution is 7.90. The first-order chi connectivity index (χ1) is 14.7. The molecule has 1 saturated carbocycles. The van der Waals surface area contributed by atoms with Crippen LogP contribution in [0.25, 0.3) is 0 Å². The number of amides is 2. The van der Waals surface area contributed by atoms with Gasteiger partial charge in [-0.05, 0) is 42.2 Å². The smallest absolute Gasteiger partial charge is 0.257 e. The van der Waals surface area contributed by atoms with Crippen LogP contribution < -0.4 is 10.1 Å². The SMILES string of the molecule is COc1ccc(C(CS(C)(=O)=O)N2Cc3cccc(NC(=O)C4CC4)c3C2=O)cc1O. The molecule has 2 aromatic carbocycles. The van der Waals surface area contributed by atoms with E-state index in [2.05, 4.69) is 5.32 Å². The van der Waals surface area contributed by atoms with Crippen LogP contribution in [0.2, 0.25) is 0 Å². The molecule has 9 heteroatoms. The first kappa shape index (κ1) is 21.2. The van der Waals surface area contributed by atoms with Gasteiger partial charge in [-0.25, -0.2) is 8.42 Å². The van der Waals surface area contributed by atoms with E-state index in [1.54, 1.807) is 24.3 Å². The monoisotopic (exact) mass is 444 g/mol. The lowest BCUT2D eigenvalue weighted by Crippen LogP contribution is -2.34. The summed E-state index contributed by atoms with van der Waals surface area (Å²) in [6.07, 6.45) is 2.80. The summed E-state index contributed by atoms with van der Waals surface area (Å²) in [6, 6.07) is 9.03. The number of carbonyl (C=O) groups excluding carboxylic acids is 2. The van der Waals surface area contributed by atoms with Crippen LogP contribution in [0.15, 0.2) is 36.4 Å². The molecule has 2 N–H and O–H groups in total. The van der Waals surface area contributed by atoms with Crippen molar-refractivity contribution >= 4 is 27.3 Å². The molecule has 1 unspecified atom stereocenters. The van der Waals surface area contributed by atoms with Gasteiger partial charge in [0, 0.05) is 18.7 Å². The molecular formula is C22H24N2O6S. The first-order valence-corrected chi connectivity index (χ1v) is 12.0. The van der Waals surface area contributed by atoms with Crippen LogP contribution in [-0.2, 0) is 21.2 Å². The van der Waals surface area contributed by atoms with Crippen molar-refractivity contribution in [1.29, 1.82) is 0 Å². The second-order valence-electron chi connectivity index (χ2n) is 8.08. The molecule has 1 heterocycles. The van der Waals surface area contributed by atoms with Gasteiger partial charge in [-0.3, -0.25) is 9.59 Å². The fourth-order valence-corrected chi connectivity index (χ4v) is 4.83. The third kappa shape index (κ3) is 4.36. The molecule has 1 aliphatic heterocycles. The van der Waals surface area contributed by atoms with Gasteiger partial charge in [-0.1, -0.05) is 18.2 Å². The molecule has 8 nitrogen and oxygen atoms in total. The number of phenolic OH excluding ortho intramolecular Hbond substituents is 1. The maximum Gasteiger partial charge on any atom is 0.257 e. The molecule has 164 valence electrons. The third-order valence-electron chi connectivity index (χ3n) is 5.60. The summed E-state index contributed by atoms with van der Waals surface area (Å²) in [4.78, 5) is 27.1. The predicted octanol–water partition coefficient (Wildman–Crippen LogP) is 2.49. The normalized spacial score (nSPS) is 16.7. The van der Waals surface area contributed by atoms with Crippen LogP contribution in [0.5, 0.6) is 11.5 Å². The minimum atomic E-state index is -3.46. The van der Waals surface area contributed by atoms with Crippen LogP contribution in [0.1, 0.15) is 40.4 Å². The molecule has 2 aliphatic rings. The van der Waals surface area contributed by atoms with E-state index in [1.165, 1.54) is 24.1 Å². The minimum absolute atomic E-state index is 0.0104. The van der Waals surface area contributed by atoms with Crippen molar-refractivity contribution in [3.8, 4) is 11.5 Å². The molecule has 31 heavy (non-hydrogen) atoms. The number of ether oxygens (including phenoxy) is 1. The molecule has 2 amide bonds. The Hall–Kier alpha value is -3.07. The number of benzene rings is 2. The highest BCUT2D eigenvalue weighted by Gasteiger charge is 2.38. The van der Waals surface area contributed by atoms with Crippen LogP contribution in [-0.4, -0.2) is 49.4 Å². The summed E-state index contributed by atoms with van der Waals surface area (Å²) in [5.74, 6) is -0.660. The molecule has 0 bridgehead atoms. The van der Waals surface area contributed by atoms with E-state index in [9.17, 15) is 23.1 Å². The lowest BCUT2D eigenvalue weighted by Gasteiger charge is -2.28. The topological polar surface area (TPSA) is 113 Å². The lowest BCUT2D eigenvalue weighted by atomic mass is 10.1. The number of hydrogen-bond acceptors (Lipinski definition) is 6. The van der Waals surface area contributed by atoms with Gasteiger partial charge in [0.25, 0.3) is 5.91 Å². The number of nitrogens with one attached hydrogen (secondary N) is 1. The van der Waals surface area contributed by atoms with Crippen LogP contribution in [0, 0.1) is 5.92 Å². The summed E-state index contributed by atoms with van der Waals surface area (Å²) in [7, 11) is -2.04. The van der Waals surface area contributed by atoms with Crippen molar-refractivity contribution in [2.75, 3.05) is 24.4 Å². The van der Waals surface area contributed by atoms with Gasteiger partial charge in [0.1, 0.15) is 9.84 Å². The Labute approximate surface area is 180 Å². The van der Waals surface area contributed by atoms with E-state index in [0.717, 1.165) is 24.7 Å². The van der Waals surface area contributed by atoms with E-state index in [4.69, 9.17) is 4.74 Å². The molecule has 0 spiro atoms. The van der Waals surface area contributed by atoms with Crippen LogP contribution in [0.4, 0.5) is 5.69 Å². The van der Waals surface area contributed by atoms with E-state index < -0.39 is 15.9 Å². The van der Waals surface area contributed by atoms with Crippen molar-refractivity contribution in [2.45, 2.75) is 25.4 Å². The maximum absolute atomic E-state index is 13.4. The number of fused-ring (bicyclic) bond motifs is 1. The molecule has 1 aliphatic carbocycles. The number of aromatic hydroxyl groups is 1. The van der Waals surface area contributed by atoms with E-state index in [-0.39, 0.29) is 41.5 Å². The Balaban J connectivity index is 1.69. The van der Waals surface area contributed by atoms with Gasteiger partial charge in [0.05, 0.1) is 30.2 Å². The van der Waals surface area contributed by atoms with Gasteiger partial charge < -0.3 is 20.1 Å². The zero-order chi connectivity index (χ0) is 22.3. The van der Waals surface area contributed by atoms with Gasteiger partial charge in [0.15, 0.2) is 11.5 Å². The summed E-state index contributed by atoms with van der Waals surface area (Å²) in [5, 5.41) is 13.0. The number of rotatable bonds is 7. The average Bonchev–Trinajstić information content (AvgIpc) is 3.50. The molecular weight excluding hydrogens is 420 g/mol. The first-order valence-electron chi connectivity index (χ1n) is 9.96. The summed E-state index contributed by atoms with van der Waals surface area (Å²) in [5.41, 5.74) is 2.02. The van der Waals surface area contributed by atoms with Crippen molar-refractivity contribution in [2.24, 2.45) is 5.92 Å².